The van der Waals surface area contributed by atoms with Gasteiger partial charge in [-0.15, -0.1) is 0 Å². The quantitative estimate of drug-likeness (QED) is 0.870. The Balaban J connectivity index is 2.41. The maximum atomic E-state index is 12.8. The Morgan fingerprint density at radius 1 is 1.45 bits per heavy atom. The SMILES string of the molecule is COc1ccc(C(F)(F)F)cc1N1CC(CS)CC1=O. The molecule has 3 nitrogen and oxygen atoms in total. The molecule has 0 bridgehead atoms. The zero-order valence-corrected chi connectivity index (χ0v) is 11.7. The van der Waals surface area contributed by atoms with Gasteiger partial charge in [-0.25, -0.2) is 0 Å². The predicted molar refractivity (Wildman–Crippen MR) is 72.3 cm³/mol. The molecule has 20 heavy (non-hydrogen) atoms. The highest BCUT2D eigenvalue weighted by Gasteiger charge is 2.35. The Bertz CT molecular complexity index is 519. The van der Waals surface area contributed by atoms with Crippen LogP contribution in [0.1, 0.15) is 12.0 Å². The van der Waals surface area contributed by atoms with Crippen LogP contribution < -0.4 is 9.64 Å². The molecule has 1 heterocycles. The van der Waals surface area contributed by atoms with Gasteiger partial charge in [0.1, 0.15) is 5.75 Å². The smallest absolute Gasteiger partial charge is 0.416 e. The number of rotatable bonds is 3. The molecule has 1 unspecified atom stereocenters. The van der Waals surface area contributed by atoms with Crippen molar-refractivity contribution in [2.45, 2.75) is 12.6 Å². The molecule has 0 spiro atoms. The first-order valence-electron chi connectivity index (χ1n) is 6.03. The lowest BCUT2D eigenvalue weighted by molar-refractivity contribution is -0.137. The molecule has 1 saturated heterocycles. The van der Waals surface area contributed by atoms with E-state index in [4.69, 9.17) is 4.74 Å². The Labute approximate surface area is 120 Å². The minimum Gasteiger partial charge on any atom is -0.495 e. The van der Waals surface area contributed by atoms with Gasteiger partial charge in [-0.1, -0.05) is 0 Å². The number of nitrogens with zero attached hydrogens (tertiary/aromatic N) is 1. The minimum atomic E-state index is -4.45. The largest absolute Gasteiger partial charge is 0.495 e. The maximum Gasteiger partial charge on any atom is 0.416 e. The van der Waals surface area contributed by atoms with E-state index in [0.717, 1.165) is 12.1 Å². The van der Waals surface area contributed by atoms with Crippen molar-refractivity contribution in [2.24, 2.45) is 5.92 Å². The van der Waals surface area contributed by atoms with E-state index in [-0.39, 0.29) is 23.3 Å². The Morgan fingerprint density at radius 2 is 2.15 bits per heavy atom. The third kappa shape index (κ3) is 2.87. The molecule has 7 heteroatoms. The van der Waals surface area contributed by atoms with E-state index in [1.165, 1.54) is 18.1 Å². The molecule has 0 N–H and O–H groups in total. The normalized spacial score (nSPS) is 19.6. The second kappa shape index (κ2) is 5.55. The van der Waals surface area contributed by atoms with Crippen LogP contribution in [0.4, 0.5) is 18.9 Å². The van der Waals surface area contributed by atoms with Crippen LogP contribution in [0.3, 0.4) is 0 Å². The summed E-state index contributed by atoms with van der Waals surface area (Å²) in [7, 11) is 1.36. The number of benzene rings is 1. The summed E-state index contributed by atoms with van der Waals surface area (Å²) in [4.78, 5) is 13.3. The van der Waals surface area contributed by atoms with Crippen molar-refractivity contribution in [3.05, 3.63) is 23.8 Å². The highest BCUT2D eigenvalue weighted by Crippen LogP contribution is 2.38. The van der Waals surface area contributed by atoms with E-state index >= 15 is 0 Å². The van der Waals surface area contributed by atoms with Gasteiger partial charge in [0, 0.05) is 13.0 Å². The fourth-order valence-electron chi connectivity index (χ4n) is 2.21. The topological polar surface area (TPSA) is 29.5 Å². The fraction of sp³-hybridized carbons (Fsp3) is 0.462. The van der Waals surface area contributed by atoms with E-state index in [0.29, 0.717) is 18.7 Å². The second-order valence-corrected chi connectivity index (χ2v) is 5.01. The van der Waals surface area contributed by atoms with Crippen LogP contribution in [-0.4, -0.2) is 25.3 Å². The molecule has 2 rings (SSSR count). The van der Waals surface area contributed by atoms with Gasteiger partial charge >= 0.3 is 6.18 Å². The summed E-state index contributed by atoms with van der Waals surface area (Å²) in [6.45, 7) is 0.361. The van der Waals surface area contributed by atoms with Gasteiger partial charge in [-0.05, 0) is 29.9 Å². The third-order valence-corrected chi connectivity index (χ3v) is 3.78. The number of halogens is 3. The van der Waals surface area contributed by atoms with Crippen LogP contribution in [0.5, 0.6) is 5.75 Å². The van der Waals surface area contributed by atoms with Gasteiger partial charge in [-0.2, -0.15) is 25.8 Å². The molecule has 1 fully saturated rings. The molecular weight excluding hydrogens is 291 g/mol. The summed E-state index contributed by atoms with van der Waals surface area (Å²) >= 11 is 4.13. The zero-order chi connectivity index (χ0) is 14.9. The highest BCUT2D eigenvalue weighted by atomic mass is 32.1. The van der Waals surface area contributed by atoms with Gasteiger partial charge in [0.15, 0.2) is 0 Å². The van der Waals surface area contributed by atoms with E-state index < -0.39 is 11.7 Å². The van der Waals surface area contributed by atoms with Crippen molar-refractivity contribution in [1.82, 2.24) is 0 Å². The Hall–Kier alpha value is -1.37. The molecule has 1 aromatic carbocycles. The Morgan fingerprint density at radius 3 is 2.65 bits per heavy atom. The van der Waals surface area contributed by atoms with Crippen molar-refractivity contribution in [1.29, 1.82) is 0 Å². The molecular formula is C13H14F3NO2S. The molecule has 1 amide bonds. The maximum absolute atomic E-state index is 12.8. The molecule has 0 radical (unpaired) electrons. The number of amides is 1. The minimum absolute atomic E-state index is 0.0464. The van der Waals surface area contributed by atoms with Gasteiger partial charge in [-0.3, -0.25) is 4.79 Å². The van der Waals surface area contributed by atoms with E-state index in [1.54, 1.807) is 0 Å². The summed E-state index contributed by atoms with van der Waals surface area (Å²) < 4.78 is 43.4. The van der Waals surface area contributed by atoms with Gasteiger partial charge in [0.05, 0.1) is 18.4 Å². The van der Waals surface area contributed by atoms with E-state index in [1.807, 2.05) is 0 Å². The molecule has 0 saturated carbocycles. The average molecular weight is 305 g/mol. The molecule has 1 aromatic rings. The summed E-state index contributed by atoms with van der Waals surface area (Å²) in [5.74, 6) is 0.613. The number of hydrogen-bond acceptors (Lipinski definition) is 3. The first kappa shape index (κ1) is 15.0. The van der Waals surface area contributed by atoms with Crippen molar-refractivity contribution < 1.29 is 22.7 Å². The standard InChI is InChI=1S/C13H14F3NO2S/c1-19-11-3-2-9(13(14,15)16)5-10(11)17-6-8(7-20)4-12(17)18/h2-3,5,8,20H,4,6-7H2,1H3. The molecule has 1 aliphatic rings. The number of ether oxygens (including phenoxy) is 1. The number of carbonyl (C=O) groups excluding carboxylic acids is 1. The first-order valence-corrected chi connectivity index (χ1v) is 6.66. The monoisotopic (exact) mass is 305 g/mol. The highest BCUT2D eigenvalue weighted by molar-refractivity contribution is 7.80. The fourth-order valence-corrected chi connectivity index (χ4v) is 2.46. The number of methoxy groups -OCH3 is 1. The summed E-state index contributed by atoms with van der Waals surface area (Å²) in [6.07, 6.45) is -4.16. The van der Waals surface area contributed by atoms with Crippen LogP contribution in [0.25, 0.3) is 0 Å². The van der Waals surface area contributed by atoms with Crippen molar-refractivity contribution in [3.8, 4) is 5.75 Å². The summed E-state index contributed by atoms with van der Waals surface area (Å²) in [5.41, 5.74) is -0.632. The number of alkyl halides is 3. The average Bonchev–Trinajstić information content (AvgIpc) is 2.78. The van der Waals surface area contributed by atoms with Crippen molar-refractivity contribution in [2.75, 3.05) is 24.3 Å². The molecule has 0 aliphatic carbocycles. The number of carbonyl (C=O) groups is 1. The van der Waals surface area contributed by atoms with Crippen LogP contribution in [0, 0.1) is 5.92 Å². The molecule has 0 aromatic heterocycles. The molecule has 1 aliphatic heterocycles. The molecule has 1 atom stereocenters. The lowest BCUT2D eigenvalue weighted by Gasteiger charge is -2.21. The number of anilines is 1. The first-order chi connectivity index (χ1) is 9.36. The van der Waals surface area contributed by atoms with E-state index in [9.17, 15) is 18.0 Å². The number of hydrogen-bond donors (Lipinski definition) is 1. The Kier molecular flexibility index (Phi) is 4.17. The zero-order valence-electron chi connectivity index (χ0n) is 10.8. The van der Waals surface area contributed by atoms with Crippen LogP contribution in [0.15, 0.2) is 18.2 Å². The van der Waals surface area contributed by atoms with Crippen molar-refractivity contribution >= 4 is 24.2 Å². The second-order valence-electron chi connectivity index (χ2n) is 4.64. The summed E-state index contributed by atoms with van der Waals surface area (Å²) in [5, 5.41) is 0. The summed E-state index contributed by atoms with van der Waals surface area (Å²) in [6, 6.07) is 3.13. The van der Waals surface area contributed by atoms with E-state index in [2.05, 4.69) is 12.6 Å². The van der Waals surface area contributed by atoms with Crippen LogP contribution in [-0.2, 0) is 11.0 Å². The predicted octanol–water partition coefficient (Wildman–Crippen LogP) is 3.00. The van der Waals surface area contributed by atoms with Crippen molar-refractivity contribution in [3.63, 3.8) is 0 Å². The lowest BCUT2D eigenvalue weighted by atomic mass is 10.1. The van der Waals surface area contributed by atoms with Gasteiger partial charge in [0.2, 0.25) is 5.91 Å². The third-order valence-electron chi connectivity index (χ3n) is 3.26. The lowest BCUT2D eigenvalue weighted by Crippen LogP contribution is -2.25. The van der Waals surface area contributed by atoms with Gasteiger partial charge < -0.3 is 9.64 Å². The number of thiol groups is 1. The van der Waals surface area contributed by atoms with Crippen LogP contribution in [0.2, 0.25) is 0 Å². The molecule has 110 valence electrons. The van der Waals surface area contributed by atoms with Gasteiger partial charge in [0.25, 0.3) is 0 Å². The van der Waals surface area contributed by atoms with Crippen LogP contribution >= 0.6 is 12.6 Å².